The molecule has 5 heteroatoms. The summed E-state index contributed by atoms with van der Waals surface area (Å²) in [4.78, 5) is 24.9. The van der Waals surface area contributed by atoms with E-state index in [1.807, 2.05) is 32.6 Å². The van der Waals surface area contributed by atoms with E-state index in [-0.39, 0.29) is 30.3 Å². The molecule has 0 rings (SSSR count). The SMILES string of the molecule is CCC(=O)N/N=C(\C)CC(=O)N(C(C)C)C(C)C. The Balaban J connectivity index is 4.49. The molecule has 18 heavy (non-hydrogen) atoms. The van der Waals surface area contributed by atoms with Crippen LogP contribution in [-0.4, -0.2) is 34.5 Å². The van der Waals surface area contributed by atoms with Crippen LogP contribution in [0, 0.1) is 0 Å². The molecule has 2 amide bonds. The molecule has 0 aliphatic rings. The number of hydrogen-bond acceptors (Lipinski definition) is 3. The molecule has 0 saturated carbocycles. The van der Waals surface area contributed by atoms with Crippen LogP contribution in [0.4, 0.5) is 0 Å². The van der Waals surface area contributed by atoms with Crippen LogP contribution in [-0.2, 0) is 9.59 Å². The van der Waals surface area contributed by atoms with Crippen molar-refractivity contribution in [3.8, 4) is 0 Å². The molecule has 0 heterocycles. The maximum absolute atomic E-state index is 12.1. The van der Waals surface area contributed by atoms with Gasteiger partial charge in [0.25, 0.3) is 0 Å². The van der Waals surface area contributed by atoms with E-state index in [9.17, 15) is 9.59 Å². The van der Waals surface area contributed by atoms with Gasteiger partial charge in [0, 0.05) is 24.2 Å². The number of hydrogen-bond donors (Lipinski definition) is 1. The minimum absolute atomic E-state index is 0.0343. The number of amides is 2. The Kier molecular flexibility index (Phi) is 7.24. The van der Waals surface area contributed by atoms with Gasteiger partial charge in [-0.3, -0.25) is 9.59 Å². The van der Waals surface area contributed by atoms with Gasteiger partial charge in [-0.05, 0) is 34.6 Å². The fourth-order valence-corrected chi connectivity index (χ4v) is 1.76. The first kappa shape index (κ1) is 16.6. The third-order valence-electron chi connectivity index (χ3n) is 2.50. The van der Waals surface area contributed by atoms with Crippen molar-refractivity contribution in [3.05, 3.63) is 0 Å². The lowest BCUT2D eigenvalue weighted by atomic mass is 10.2. The van der Waals surface area contributed by atoms with Crippen LogP contribution in [0.15, 0.2) is 5.10 Å². The largest absolute Gasteiger partial charge is 0.338 e. The molecule has 5 nitrogen and oxygen atoms in total. The normalized spacial score (nSPS) is 11.9. The van der Waals surface area contributed by atoms with Gasteiger partial charge in [0.2, 0.25) is 11.8 Å². The van der Waals surface area contributed by atoms with E-state index in [0.717, 1.165) is 0 Å². The molecule has 0 aliphatic carbocycles. The van der Waals surface area contributed by atoms with Gasteiger partial charge in [0.15, 0.2) is 0 Å². The highest BCUT2D eigenvalue weighted by molar-refractivity contribution is 6.00. The van der Waals surface area contributed by atoms with E-state index >= 15 is 0 Å². The van der Waals surface area contributed by atoms with Crippen LogP contribution in [0.3, 0.4) is 0 Å². The second-order valence-electron chi connectivity index (χ2n) is 4.90. The summed E-state index contributed by atoms with van der Waals surface area (Å²) < 4.78 is 0. The van der Waals surface area contributed by atoms with Crippen molar-refractivity contribution < 1.29 is 9.59 Å². The Labute approximate surface area is 110 Å². The Hall–Kier alpha value is -1.39. The first-order valence-electron chi connectivity index (χ1n) is 6.42. The van der Waals surface area contributed by atoms with Crippen molar-refractivity contribution in [1.82, 2.24) is 10.3 Å². The highest BCUT2D eigenvalue weighted by Gasteiger charge is 2.20. The van der Waals surface area contributed by atoms with Crippen LogP contribution in [0.25, 0.3) is 0 Å². The maximum Gasteiger partial charge on any atom is 0.239 e. The molecule has 1 N–H and O–H groups in total. The lowest BCUT2D eigenvalue weighted by Crippen LogP contribution is -2.42. The smallest absolute Gasteiger partial charge is 0.239 e. The number of nitrogens with zero attached hydrogens (tertiary/aromatic N) is 2. The monoisotopic (exact) mass is 255 g/mol. The summed E-state index contributed by atoms with van der Waals surface area (Å²) in [5, 5.41) is 3.91. The van der Waals surface area contributed by atoms with Crippen molar-refractivity contribution in [1.29, 1.82) is 0 Å². The van der Waals surface area contributed by atoms with Gasteiger partial charge in [-0.25, -0.2) is 5.43 Å². The second-order valence-corrected chi connectivity index (χ2v) is 4.90. The summed E-state index contributed by atoms with van der Waals surface area (Å²) in [5.74, 6) is -0.113. The maximum atomic E-state index is 12.1. The summed E-state index contributed by atoms with van der Waals surface area (Å²) in [6.45, 7) is 11.5. The lowest BCUT2D eigenvalue weighted by Gasteiger charge is -2.30. The van der Waals surface area contributed by atoms with Crippen molar-refractivity contribution in [2.24, 2.45) is 5.10 Å². The minimum atomic E-state index is -0.147. The highest BCUT2D eigenvalue weighted by atomic mass is 16.2. The molecule has 104 valence electrons. The minimum Gasteiger partial charge on any atom is -0.338 e. The number of carbonyl (C=O) groups excluding carboxylic acids is 2. The zero-order valence-corrected chi connectivity index (χ0v) is 12.3. The summed E-state index contributed by atoms with van der Waals surface area (Å²) in [6.07, 6.45) is 0.620. The number of rotatable bonds is 6. The molecule has 0 unspecified atom stereocenters. The standard InChI is InChI=1S/C13H25N3O2/c1-7-12(17)15-14-11(6)8-13(18)16(9(2)3)10(4)5/h9-10H,7-8H2,1-6H3,(H,15,17)/b14-11+. The molecule has 0 aromatic rings. The van der Waals surface area contributed by atoms with E-state index < -0.39 is 0 Å². The van der Waals surface area contributed by atoms with E-state index in [0.29, 0.717) is 12.1 Å². The van der Waals surface area contributed by atoms with Gasteiger partial charge >= 0.3 is 0 Å². The van der Waals surface area contributed by atoms with E-state index in [4.69, 9.17) is 0 Å². The predicted molar refractivity (Wildman–Crippen MR) is 73.3 cm³/mol. The third-order valence-corrected chi connectivity index (χ3v) is 2.50. The Bertz CT molecular complexity index is 314. The predicted octanol–water partition coefficient (Wildman–Crippen LogP) is 1.92. The highest BCUT2D eigenvalue weighted by Crippen LogP contribution is 2.08. The molecular weight excluding hydrogens is 230 g/mol. The van der Waals surface area contributed by atoms with Gasteiger partial charge in [0.05, 0.1) is 6.42 Å². The zero-order chi connectivity index (χ0) is 14.3. The summed E-state index contributed by atoms with van der Waals surface area (Å²) >= 11 is 0. The van der Waals surface area contributed by atoms with Gasteiger partial charge < -0.3 is 4.90 Å². The summed E-state index contributed by atoms with van der Waals surface area (Å²) in [6, 6.07) is 0.325. The first-order chi connectivity index (χ1) is 8.29. The van der Waals surface area contributed by atoms with Crippen LogP contribution >= 0.6 is 0 Å². The van der Waals surface area contributed by atoms with E-state index in [2.05, 4.69) is 10.5 Å². The number of hydrazone groups is 1. The van der Waals surface area contributed by atoms with Crippen LogP contribution in [0.5, 0.6) is 0 Å². The van der Waals surface area contributed by atoms with Crippen molar-refractivity contribution >= 4 is 17.5 Å². The van der Waals surface area contributed by atoms with Crippen LogP contribution in [0.2, 0.25) is 0 Å². The molecule has 0 bridgehead atoms. The van der Waals surface area contributed by atoms with Crippen molar-refractivity contribution in [3.63, 3.8) is 0 Å². The molecule has 0 fully saturated rings. The number of nitrogens with one attached hydrogen (secondary N) is 1. The van der Waals surface area contributed by atoms with Crippen LogP contribution < -0.4 is 5.43 Å². The molecule has 0 saturated heterocycles. The number of carbonyl (C=O) groups is 2. The molecule has 0 spiro atoms. The fourth-order valence-electron chi connectivity index (χ4n) is 1.76. The fraction of sp³-hybridized carbons (Fsp3) is 0.769. The Morgan fingerprint density at radius 2 is 1.67 bits per heavy atom. The molecule has 0 aromatic carbocycles. The van der Waals surface area contributed by atoms with E-state index in [1.54, 1.807) is 13.8 Å². The van der Waals surface area contributed by atoms with Crippen molar-refractivity contribution in [2.45, 2.75) is 66.5 Å². The van der Waals surface area contributed by atoms with Gasteiger partial charge in [-0.1, -0.05) is 6.92 Å². The Morgan fingerprint density at radius 3 is 2.06 bits per heavy atom. The topological polar surface area (TPSA) is 61.8 Å². The van der Waals surface area contributed by atoms with Gasteiger partial charge in [-0.2, -0.15) is 5.10 Å². The lowest BCUT2D eigenvalue weighted by molar-refractivity contribution is -0.133. The molecule has 0 aliphatic heterocycles. The average Bonchev–Trinajstić information content (AvgIpc) is 2.24. The molecule has 0 atom stereocenters. The van der Waals surface area contributed by atoms with Crippen LogP contribution in [0.1, 0.15) is 54.4 Å². The Morgan fingerprint density at radius 1 is 1.17 bits per heavy atom. The van der Waals surface area contributed by atoms with Crippen molar-refractivity contribution in [2.75, 3.05) is 0 Å². The van der Waals surface area contributed by atoms with Gasteiger partial charge in [0.1, 0.15) is 0 Å². The third kappa shape index (κ3) is 5.80. The molecule has 0 aromatic heterocycles. The molecule has 0 radical (unpaired) electrons. The summed E-state index contributed by atoms with van der Waals surface area (Å²) in [7, 11) is 0. The van der Waals surface area contributed by atoms with Gasteiger partial charge in [-0.15, -0.1) is 0 Å². The van der Waals surface area contributed by atoms with E-state index in [1.165, 1.54) is 0 Å². The average molecular weight is 255 g/mol. The molecular formula is C13H25N3O2. The second kappa shape index (κ2) is 7.84. The first-order valence-corrected chi connectivity index (χ1v) is 6.42. The summed E-state index contributed by atoms with van der Waals surface area (Å²) in [5.41, 5.74) is 3.03. The quantitative estimate of drug-likeness (QED) is 0.582. The zero-order valence-electron chi connectivity index (χ0n) is 12.3.